The fraction of sp³-hybridized carbons (Fsp3) is 0.176. The molecular weight excluding hydrogens is 280 g/mol. The minimum Gasteiger partial charge on any atom is -0.495 e. The lowest BCUT2D eigenvalue weighted by molar-refractivity contribution is -0.114. The van der Waals surface area contributed by atoms with E-state index in [1.54, 1.807) is 31.4 Å². The molecule has 2 N–H and O–H groups in total. The average Bonchev–Trinajstić information content (AvgIpc) is 2.53. The lowest BCUT2D eigenvalue weighted by Crippen LogP contribution is -2.23. The van der Waals surface area contributed by atoms with Gasteiger partial charge in [-0.15, -0.1) is 0 Å². The number of para-hydroxylation sites is 3. The Morgan fingerprint density at radius 1 is 1.00 bits per heavy atom. The molecule has 0 aliphatic heterocycles. The Balaban J connectivity index is 2.01. The number of hydrogen-bond donors (Lipinski definition) is 2. The van der Waals surface area contributed by atoms with Gasteiger partial charge in [-0.3, -0.25) is 9.59 Å². The quantitative estimate of drug-likeness (QED) is 0.805. The lowest BCUT2D eigenvalue weighted by atomic mass is 10.1. The number of methoxy groups -OCH3 is 1. The van der Waals surface area contributed by atoms with Crippen LogP contribution in [-0.4, -0.2) is 25.3 Å². The molecule has 2 rings (SSSR count). The van der Waals surface area contributed by atoms with Crippen molar-refractivity contribution in [3.8, 4) is 5.75 Å². The Hall–Kier alpha value is -2.82. The molecule has 22 heavy (non-hydrogen) atoms. The molecule has 0 atom stereocenters. The first-order valence-corrected chi connectivity index (χ1v) is 6.88. The van der Waals surface area contributed by atoms with Gasteiger partial charge >= 0.3 is 0 Å². The molecule has 0 aromatic heterocycles. The van der Waals surface area contributed by atoms with E-state index in [2.05, 4.69) is 10.6 Å². The highest BCUT2D eigenvalue weighted by Crippen LogP contribution is 2.22. The lowest BCUT2D eigenvalue weighted by Gasteiger charge is -2.12. The molecule has 5 nitrogen and oxygen atoms in total. The van der Waals surface area contributed by atoms with E-state index >= 15 is 0 Å². The number of ketones is 1. The van der Waals surface area contributed by atoms with Crippen molar-refractivity contribution in [3.63, 3.8) is 0 Å². The summed E-state index contributed by atoms with van der Waals surface area (Å²) < 4.78 is 5.21. The van der Waals surface area contributed by atoms with Crippen LogP contribution < -0.4 is 15.4 Å². The van der Waals surface area contributed by atoms with Crippen molar-refractivity contribution in [2.75, 3.05) is 24.3 Å². The molecule has 114 valence electrons. The maximum Gasteiger partial charge on any atom is 0.243 e. The van der Waals surface area contributed by atoms with Gasteiger partial charge < -0.3 is 15.4 Å². The van der Waals surface area contributed by atoms with E-state index in [0.717, 1.165) is 5.69 Å². The molecule has 2 aromatic carbocycles. The first-order chi connectivity index (χ1) is 10.6. The van der Waals surface area contributed by atoms with Gasteiger partial charge in [-0.05, 0) is 31.2 Å². The predicted molar refractivity (Wildman–Crippen MR) is 86.6 cm³/mol. The van der Waals surface area contributed by atoms with Crippen molar-refractivity contribution in [2.24, 2.45) is 0 Å². The maximum absolute atomic E-state index is 12.0. The van der Waals surface area contributed by atoms with Crippen LogP contribution in [0.25, 0.3) is 0 Å². The van der Waals surface area contributed by atoms with Crippen molar-refractivity contribution in [2.45, 2.75) is 6.92 Å². The Morgan fingerprint density at radius 3 is 2.32 bits per heavy atom. The molecule has 0 fully saturated rings. The molecule has 0 saturated carbocycles. The zero-order valence-electron chi connectivity index (χ0n) is 12.6. The van der Waals surface area contributed by atoms with Crippen LogP contribution in [-0.2, 0) is 4.79 Å². The molecule has 1 amide bonds. The third-order valence-corrected chi connectivity index (χ3v) is 3.13. The topological polar surface area (TPSA) is 67.4 Å². The van der Waals surface area contributed by atoms with Crippen LogP contribution in [0.1, 0.15) is 17.3 Å². The van der Waals surface area contributed by atoms with Crippen molar-refractivity contribution in [3.05, 3.63) is 54.1 Å². The van der Waals surface area contributed by atoms with Crippen LogP contribution in [0.5, 0.6) is 5.75 Å². The van der Waals surface area contributed by atoms with Crippen LogP contribution in [0.2, 0.25) is 0 Å². The number of hydrogen-bond acceptors (Lipinski definition) is 4. The maximum atomic E-state index is 12.0. The molecule has 0 heterocycles. The molecule has 0 radical (unpaired) electrons. The second-order valence-electron chi connectivity index (χ2n) is 4.70. The summed E-state index contributed by atoms with van der Waals surface area (Å²) in [6.45, 7) is 1.55. The molecule has 0 aliphatic rings. The number of amides is 1. The van der Waals surface area contributed by atoms with Gasteiger partial charge in [0, 0.05) is 5.56 Å². The number of anilines is 2. The SMILES string of the molecule is COc1ccccc1NCC(=O)Nc1ccccc1C(C)=O. The number of carbonyl (C=O) groups excluding carboxylic acids is 2. The molecule has 0 aliphatic carbocycles. The number of carbonyl (C=O) groups is 2. The second-order valence-corrected chi connectivity index (χ2v) is 4.70. The molecule has 0 bridgehead atoms. The van der Waals surface area contributed by atoms with Gasteiger partial charge in [0.05, 0.1) is 25.0 Å². The molecule has 5 heteroatoms. The van der Waals surface area contributed by atoms with Crippen LogP contribution in [0.3, 0.4) is 0 Å². The molecule has 0 unspecified atom stereocenters. The number of ether oxygens (including phenoxy) is 1. The van der Waals surface area contributed by atoms with Gasteiger partial charge in [-0.2, -0.15) is 0 Å². The third-order valence-electron chi connectivity index (χ3n) is 3.13. The Bertz CT molecular complexity index is 683. The summed E-state index contributed by atoms with van der Waals surface area (Å²) in [5.74, 6) is 0.340. The van der Waals surface area contributed by atoms with Crippen molar-refractivity contribution >= 4 is 23.1 Å². The zero-order valence-corrected chi connectivity index (χ0v) is 12.6. The van der Waals surface area contributed by atoms with Crippen LogP contribution >= 0.6 is 0 Å². The smallest absolute Gasteiger partial charge is 0.243 e. The third kappa shape index (κ3) is 3.85. The summed E-state index contributed by atoms with van der Waals surface area (Å²) in [4.78, 5) is 23.6. The summed E-state index contributed by atoms with van der Waals surface area (Å²) in [5, 5.41) is 5.75. The van der Waals surface area contributed by atoms with Gasteiger partial charge in [0.25, 0.3) is 0 Å². The van der Waals surface area contributed by atoms with E-state index in [-0.39, 0.29) is 18.2 Å². The van der Waals surface area contributed by atoms with Crippen LogP contribution in [0, 0.1) is 0 Å². The van der Waals surface area contributed by atoms with Crippen molar-refractivity contribution < 1.29 is 14.3 Å². The Morgan fingerprint density at radius 2 is 1.64 bits per heavy atom. The van der Waals surface area contributed by atoms with Gasteiger partial charge in [0.15, 0.2) is 5.78 Å². The van der Waals surface area contributed by atoms with Gasteiger partial charge in [0.1, 0.15) is 5.75 Å². The first kappa shape index (κ1) is 15.6. The average molecular weight is 298 g/mol. The first-order valence-electron chi connectivity index (χ1n) is 6.88. The van der Waals surface area contributed by atoms with E-state index in [4.69, 9.17) is 4.74 Å². The number of benzene rings is 2. The summed E-state index contributed by atoms with van der Waals surface area (Å²) >= 11 is 0. The Kier molecular flexibility index (Phi) is 5.14. The van der Waals surface area contributed by atoms with Gasteiger partial charge in [-0.1, -0.05) is 24.3 Å². The van der Waals surface area contributed by atoms with E-state index < -0.39 is 0 Å². The molecular formula is C17H18N2O3. The zero-order chi connectivity index (χ0) is 15.9. The minimum absolute atomic E-state index is 0.0760. The molecule has 2 aromatic rings. The van der Waals surface area contributed by atoms with E-state index in [1.165, 1.54) is 6.92 Å². The molecule has 0 spiro atoms. The summed E-state index contributed by atoms with van der Waals surface area (Å²) in [7, 11) is 1.57. The standard InChI is InChI=1S/C17H18N2O3/c1-12(20)13-7-3-4-8-14(13)19-17(21)11-18-15-9-5-6-10-16(15)22-2/h3-10,18H,11H2,1-2H3,(H,19,21). The Labute approximate surface area is 129 Å². The van der Waals surface area contributed by atoms with Crippen molar-refractivity contribution in [1.82, 2.24) is 0 Å². The van der Waals surface area contributed by atoms with Crippen LogP contribution in [0.15, 0.2) is 48.5 Å². The highest BCUT2D eigenvalue weighted by atomic mass is 16.5. The van der Waals surface area contributed by atoms with Gasteiger partial charge in [-0.25, -0.2) is 0 Å². The largest absolute Gasteiger partial charge is 0.495 e. The summed E-state index contributed by atoms with van der Waals surface area (Å²) in [6, 6.07) is 14.3. The minimum atomic E-state index is -0.236. The molecule has 0 saturated heterocycles. The van der Waals surface area contributed by atoms with E-state index in [0.29, 0.717) is 17.0 Å². The van der Waals surface area contributed by atoms with E-state index in [9.17, 15) is 9.59 Å². The fourth-order valence-electron chi connectivity index (χ4n) is 2.06. The monoisotopic (exact) mass is 298 g/mol. The normalized spacial score (nSPS) is 9.91. The van der Waals surface area contributed by atoms with Gasteiger partial charge in [0.2, 0.25) is 5.91 Å². The fourth-order valence-corrected chi connectivity index (χ4v) is 2.06. The number of rotatable bonds is 6. The number of Topliss-reactive ketones (excluding diaryl/α,β-unsaturated/α-hetero) is 1. The number of nitrogens with one attached hydrogen (secondary N) is 2. The van der Waals surface area contributed by atoms with E-state index in [1.807, 2.05) is 24.3 Å². The highest BCUT2D eigenvalue weighted by molar-refractivity contribution is 6.04. The predicted octanol–water partition coefficient (Wildman–Crippen LogP) is 2.95. The van der Waals surface area contributed by atoms with Crippen molar-refractivity contribution in [1.29, 1.82) is 0 Å². The van der Waals surface area contributed by atoms with Crippen LogP contribution in [0.4, 0.5) is 11.4 Å². The summed E-state index contributed by atoms with van der Waals surface area (Å²) in [5.41, 5.74) is 1.75. The highest BCUT2D eigenvalue weighted by Gasteiger charge is 2.10. The summed E-state index contributed by atoms with van der Waals surface area (Å²) in [6.07, 6.45) is 0. The second kappa shape index (κ2) is 7.26.